The monoisotopic (exact) mass is 260 g/mol. The van der Waals surface area contributed by atoms with E-state index in [0.717, 1.165) is 12.8 Å². The van der Waals surface area contributed by atoms with Crippen molar-refractivity contribution < 1.29 is 9.59 Å². The van der Waals surface area contributed by atoms with E-state index < -0.39 is 0 Å². The van der Waals surface area contributed by atoms with E-state index in [1.54, 1.807) is 38.2 Å². The van der Waals surface area contributed by atoms with E-state index in [1.165, 1.54) is 0 Å². The van der Waals surface area contributed by atoms with E-state index in [4.69, 9.17) is 0 Å². The molecule has 4 amide bonds. The maximum absolute atomic E-state index is 11.2. The van der Waals surface area contributed by atoms with Crippen LogP contribution in [0.2, 0.25) is 0 Å². The predicted octanol–water partition coefficient (Wildman–Crippen LogP) is -0.682. The number of unbranched alkanes of at least 4 members (excludes halogenated alkanes) is 1. The lowest BCUT2D eigenvalue weighted by Crippen LogP contribution is -2.44. The maximum Gasteiger partial charge on any atom is 0.329 e. The van der Waals surface area contributed by atoms with Crippen molar-refractivity contribution in [3.8, 4) is 0 Å². The van der Waals surface area contributed by atoms with E-state index in [0.29, 0.717) is 13.1 Å². The van der Waals surface area contributed by atoms with E-state index in [1.807, 2.05) is 0 Å². The molecule has 0 fully saturated rings. The summed E-state index contributed by atoms with van der Waals surface area (Å²) >= 11 is 0. The van der Waals surface area contributed by atoms with Crippen LogP contribution in [0.4, 0.5) is 9.59 Å². The van der Waals surface area contributed by atoms with E-state index in [9.17, 15) is 9.59 Å². The zero-order valence-electron chi connectivity index (χ0n) is 11.5. The highest BCUT2D eigenvalue weighted by Gasteiger charge is 2.01. The highest BCUT2D eigenvalue weighted by Crippen LogP contribution is 1.84. The minimum Gasteiger partial charge on any atom is -0.337 e. The molecule has 0 aromatic rings. The van der Waals surface area contributed by atoms with Crippen molar-refractivity contribution in [1.82, 2.24) is 31.5 Å². The Balaban J connectivity index is 3.36. The molecule has 0 aromatic carbocycles. The lowest BCUT2D eigenvalue weighted by Gasteiger charge is -2.13. The van der Waals surface area contributed by atoms with Gasteiger partial charge in [-0.1, -0.05) is 0 Å². The summed E-state index contributed by atoms with van der Waals surface area (Å²) in [5.74, 6) is 0. The molecule has 8 heteroatoms. The number of hydrazine groups is 2. The zero-order valence-corrected chi connectivity index (χ0v) is 11.5. The van der Waals surface area contributed by atoms with Gasteiger partial charge >= 0.3 is 12.1 Å². The Morgan fingerprint density at radius 1 is 0.778 bits per heavy atom. The molecule has 0 atom stereocenters. The molecule has 18 heavy (non-hydrogen) atoms. The number of rotatable bonds is 7. The summed E-state index contributed by atoms with van der Waals surface area (Å²) in [5.41, 5.74) is 5.14. The van der Waals surface area contributed by atoms with Gasteiger partial charge in [0.2, 0.25) is 0 Å². The van der Waals surface area contributed by atoms with Gasteiger partial charge in [-0.05, 0) is 12.8 Å². The maximum atomic E-state index is 11.2. The number of hydrogen-bond donors (Lipinski definition) is 4. The van der Waals surface area contributed by atoms with Crippen molar-refractivity contribution in [2.45, 2.75) is 12.8 Å². The van der Waals surface area contributed by atoms with Gasteiger partial charge in [-0.15, -0.1) is 0 Å². The Morgan fingerprint density at radius 2 is 1.11 bits per heavy atom. The Kier molecular flexibility index (Phi) is 8.67. The summed E-state index contributed by atoms with van der Waals surface area (Å²) in [6, 6.07) is -0.448. The third-order valence-electron chi connectivity index (χ3n) is 1.82. The van der Waals surface area contributed by atoms with Gasteiger partial charge < -0.3 is 10.6 Å². The number of hydrogen-bond acceptors (Lipinski definition) is 4. The number of nitrogens with one attached hydrogen (secondary N) is 4. The second kappa shape index (κ2) is 9.49. The van der Waals surface area contributed by atoms with Crippen LogP contribution in [0.25, 0.3) is 0 Å². The molecular formula is C10H24N6O2. The first-order chi connectivity index (χ1) is 8.41. The Labute approximate surface area is 108 Å². The molecule has 0 saturated carbocycles. The molecule has 0 heterocycles. The van der Waals surface area contributed by atoms with Crippen molar-refractivity contribution in [2.24, 2.45) is 0 Å². The molecule has 0 rings (SSSR count). The fourth-order valence-corrected chi connectivity index (χ4v) is 1.14. The smallest absolute Gasteiger partial charge is 0.329 e. The van der Waals surface area contributed by atoms with E-state index >= 15 is 0 Å². The first-order valence-electron chi connectivity index (χ1n) is 5.85. The van der Waals surface area contributed by atoms with Crippen molar-refractivity contribution in [3.63, 3.8) is 0 Å². The molecule has 0 unspecified atom stereocenters. The minimum atomic E-state index is -0.224. The molecule has 8 nitrogen and oxygen atoms in total. The quantitative estimate of drug-likeness (QED) is 0.361. The Morgan fingerprint density at radius 3 is 1.39 bits per heavy atom. The van der Waals surface area contributed by atoms with Crippen LogP contribution in [0.3, 0.4) is 0 Å². The average Bonchev–Trinajstić information content (AvgIpc) is 2.20. The molecule has 0 aliphatic rings. The van der Waals surface area contributed by atoms with Crippen molar-refractivity contribution in [3.05, 3.63) is 0 Å². The molecule has 0 radical (unpaired) electrons. The van der Waals surface area contributed by atoms with Gasteiger partial charge in [-0.3, -0.25) is 10.9 Å². The van der Waals surface area contributed by atoms with Crippen molar-refractivity contribution >= 4 is 12.1 Å². The molecule has 0 saturated heterocycles. The molecule has 0 aliphatic carbocycles. The molecule has 106 valence electrons. The highest BCUT2D eigenvalue weighted by atomic mass is 16.2. The lowest BCUT2D eigenvalue weighted by atomic mass is 10.3. The van der Waals surface area contributed by atoms with Crippen LogP contribution in [0.1, 0.15) is 12.8 Å². The predicted molar refractivity (Wildman–Crippen MR) is 69.7 cm³/mol. The second-order valence-corrected chi connectivity index (χ2v) is 4.23. The first kappa shape index (κ1) is 16.5. The fourth-order valence-electron chi connectivity index (χ4n) is 1.14. The average molecular weight is 260 g/mol. The minimum absolute atomic E-state index is 0.224. The molecule has 0 spiro atoms. The van der Waals surface area contributed by atoms with Crippen LogP contribution >= 0.6 is 0 Å². The van der Waals surface area contributed by atoms with Gasteiger partial charge in [0.25, 0.3) is 0 Å². The van der Waals surface area contributed by atoms with Crippen LogP contribution in [-0.2, 0) is 0 Å². The summed E-state index contributed by atoms with van der Waals surface area (Å²) in [7, 11) is 6.97. The molecular weight excluding hydrogens is 236 g/mol. The third kappa shape index (κ3) is 11.0. The van der Waals surface area contributed by atoms with Gasteiger partial charge in [0.1, 0.15) is 0 Å². The fraction of sp³-hybridized carbons (Fsp3) is 0.800. The van der Waals surface area contributed by atoms with Gasteiger partial charge in [0.15, 0.2) is 0 Å². The molecule has 0 aliphatic heterocycles. The number of carbonyl (C=O) groups is 2. The largest absolute Gasteiger partial charge is 0.337 e. The first-order valence-corrected chi connectivity index (χ1v) is 5.85. The number of carbonyl (C=O) groups excluding carboxylic acids is 2. The standard InChI is InChI=1S/C10H24N6O2/c1-15(2)13-9(17)11-7-5-6-8-12-10(18)14-16(3)4/h5-8H2,1-4H3,(H2,11,13,17)(H2,12,14,18). The number of nitrogens with zero attached hydrogens (tertiary/aromatic N) is 2. The molecule has 0 aromatic heterocycles. The van der Waals surface area contributed by atoms with Crippen LogP contribution < -0.4 is 21.5 Å². The van der Waals surface area contributed by atoms with Gasteiger partial charge in [0, 0.05) is 41.3 Å². The summed E-state index contributed by atoms with van der Waals surface area (Å²) in [6.07, 6.45) is 1.62. The Bertz CT molecular complexity index is 231. The summed E-state index contributed by atoms with van der Waals surface area (Å²) in [6.45, 7) is 1.16. The number of urea groups is 2. The molecule has 4 N–H and O–H groups in total. The van der Waals surface area contributed by atoms with Crippen molar-refractivity contribution in [2.75, 3.05) is 41.3 Å². The highest BCUT2D eigenvalue weighted by molar-refractivity contribution is 5.73. The van der Waals surface area contributed by atoms with Crippen molar-refractivity contribution in [1.29, 1.82) is 0 Å². The summed E-state index contributed by atoms with van der Waals surface area (Å²) in [5, 5.41) is 8.56. The topological polar surface area (TPSA) is 88.7 Å². The summed E-state index contributed by atoms with van der Waals surface area (Å²) < 4.78 is 0. The van der Waals surface area contributed by atoms with Crippen LogP contribution in [-0.4, -0.2) is 63.4 Å². The normalized spacial score (nSPS) is 10.3. The molecule has 0 bridgehead atoms. The van der Waals surface area contributed by atoms with Gasteiger partial charge in [0.05, 0.1) is 0 Å². The lowest BCUT2D eigenvalue weighted by molar-refractivity contribution is 0.210. The van der Waals surface area contributed by atoms with Crippen LogP contribution in [0.15, 0.2) is 0 Å². The van der Waals surface area contributed by atoms with E-state index in [-0.39, 0.29) is 12.1 Å². The zero-order chi connectivity index (χ0) is 14.0. The van der Waals surface area contributed by atoms with Gasteiger partial charge in [-0.2, -0.15) is 0 Å². The van der Waals surface area contributed by atoms with E-state index in [2.05, 4.69) is 21.5 Å². The third-order valence-corrected chi connectivity index (χ3v) is 1.82. The van der Waals surface area contributed by atoms with Crippen LogP contribution in [0, 0.1) is 0 Å². The Hall–Kier alpha value is -1.54. The second-order valence-electron chi connectivity index (χ2n) is 4.23. The number of amides is 4. The summed E-state index contributed by atoms with van der Waals surface area (Å²) in [4.78, 5) is 22.3. The van der Waals surface area contributed by atoms with Crippen LogP contribution in [0.5, 0.6) is 0 Å². The van der Waals surface area contributed by atoms with Gasteiger partial charge in [-0.25, -0.2) is 19.6 Å². The SMILES string of the molecule is CN(C)NC(=O)NCCCCNC(=O)NN(C)C.